The van der Waals surface area contributed by atoms with Crippen LogP contribution in [-0.2, 0) is 27.5 Å². The number of hydrogen-bond acceptors (Lipinski definition) is 9. The summed E-state index contributed by atoms with van der Waals surface area (Å²) in [5, 5.41) is 24.4. The van der Waals surface area contributed by atoms with Crippen LogP contribution < -0.4 is 9.47 Å². The number of amides is 1. The fourth-order valence-corrected chi connectivity index (χ4v) is 8.62. The summed E-state index contributed by atoms with van der Waals surface area (Å²) in [5.74, 6) is -1.16. The maximum Gasteiger partial charge on any atom is 0.409 e. The zero-order valence-electron chi connectivity index (χ0n) is 31.8. The van der Waals surface area contributed by atoms with Crippen LogP contribution in [0.5, 0.6) is 11.5 Å². The number of unbranched alkanes of at least 4 members (excludes halogenated alkanes) is 2. The summed E-state index contributed by atoms with van der Waals surface area (Å²) in [6.07, 6.45) is 8.20. The van der Waals surface area contributed by atoms with E-state index in [0.29, 0.717) is 35.6 Å². The highest BCUT2D eigenvalue weighted by molar-refractivity contribution is 6.02. The van der Waals surface area contributed by atoms with Crippen molar-refractivity contribution in [2.45, 2.75) is 75.9 Å². The number of likely N-dealkylation sites (N-methyl/N-ethyl adjacent to an activating group) is 1. The van der Waals surface area contributed by atoms with Gasteiger partial charge in [-0.3, -0.25) is 0 Å². The molecule has 11 heteroatoms. The third-order valence-electron chi connectivity index (χ3n) is 11.2. The number of aliphatic hydroxyl groups excluding tert-OH is 2. The van der Waals surface area contributed by atoms with Crippen LogP contribution in [0, 0.1) is 23.6 Å². The standard InChI is InChI=1S/C44H53FN2O8/c1-4-24-53-44-40(47(2)43(50)51-3)27-38(46-54-28-30-14-6-5-7-15-30)35-25-31(16-10-12-22-48)34(18-11-13-23-49)41(42(35)44)36-26-33(20-21-39(36)55-44)52-29-32-17-8-9-19-37(32)45/h4-9,14-15,17,19-21,25-26,31,34,40-42,48-49H,1,10-13,16,18,22-24,27-29H2,2-3H3/t31-,34+,40-,41+,42+,44+/m0/s1. The molecule has 0 bridgehead atoms. The average Bonchev–Trinajstić information content (AvgIpc) is 3.21. The number of carbonyl (C=O) groups is 1. The lowest BCUT2D eigenvalue weighted by Crippen LogP contribution is -2.69. The van der Waals surface area contributed by atoms with Crippen LogP contribution in [0.15, 0.2) is 102 Å². The van der Waals surface area contributed by atoms with Crippen molar-refractivity contribution < 1.29 is 43.2 Å². The normalized spacial score (nSPS) is 24.5. The fraction of sp³-hybridized carbons (Fsp3) is 0.455. The highest BCUT2D eigenvalue weighted by atomic mass is 19.1. The molecule has 2 N–H and O–H groups in total. The average molecular weight is 757 g/mol. The SMILES string of the molecule is C=CCO[C@@]12Oc3ccc(OCc4ccccc4F)cc3[C@H]3[C@H](CCCCO)[C@@H](CCCCO)C=C(C(=NOCc4ccccc4)C[C@@H]1N(C)C(=O)OC)[C@H]32. The minimum Gasteiger partial charge on any atom is -0.489 e. The number of aliphatic hydroxyl groups is 2. The van der Waals surface area contributed by atoms with Gasteiger partial charge in [0.05, 0.1) is 25.3 Å². The summed E-state index contributed by atoms with van der Waals surface area (Å²) in [6, 6.07) is 21.3. The lowest BCUT2D eigenvalue weighted by atomic mass is 9.55. The van der Waals surface area contributed by atoms with E-state index >= 15 is 0 Å². The number of fused-ring (bicyclic) bond motifs is 2. The van der Waals surface area contributed by atoms with E-state index in [2.05, 4.69) is 12.7 Å². The van der Waals surface area contributed by atoms with E-state index in [1.54, 1.807) is 31.3 Å². The molecule has 6 rings (SSSR count). The summed E-state index contributed by atoms with van der Waals surface area (Å²) in [5.41, 5.74) is 3.93. The molecular formula is C44H53FN2O8. The van der Waals surface area contributed by atoms with E-state index in [1.165, 1.54) is 18.1 Å². The number of oxime groups is 1. The first kappa shape index (κ1) is 40.0. The van der Waals surface area contributed by atoms with E-state index in [1.807, 2.05) is 48.5 Å². The van der Waals surface area contributed by atoms with Gasteiger partial charge in [-0.25, -0.2) is 9.18 Å². The van der Waals surface area contributed by atoms with Gasteiger partial charge in [0.25, 0.3) is 0 Å². The molecule has 0 saturated heterocycles. The lowest BCUT2D eigenvalue weighted by Gasteiger charge is -2.59. The maximum atomic E-state index is 14.6. The largest absolute Gasteiger partial charge is 0.489 e. The van der Waals surface area contributed by atoms with Gasteiger partial charge in [-0.1, -0.05) is 78.7 Å². The molecule has 6 atom stereocenters. The minimum absolute atomic E-state index is 0.0449. The number of rotatable bonds is 18. The number of ether oxygens (including phenoxy) is 4. The van der Waals surface area contributed by atoms with Crippen molar-refractivity contribution in [2.24, 2.45) is 22.9 Å². The quantitative estimate of drug-likeness (QED) is 0.0764. The molecule has 1 fully saturated rings. The highest BCUT2D eigenvalue weighted by Crippen LogP contribution is 2.61. The minimum atomic E-state index is -1.39. The van der Waals surface area contributed by atoms with Gasteiger partial charge in [0.2, 0.25) is 5.79 Å². The van der Waals surface area contributed by atoms with Crippen molar-refractivity contribution in [3.05, 3.63) is 120 Å². The summed E-state index contributed by atoms with van der Waals surface area (Å²) in [4.78, 5) is 21.0. The Kier molecular flexibility index (Phi) is 13.6. The molecule has 10 nitrogen and oxygen atoms in total. The Hall–Kier alpha value is -4.71. The van der Waals surface area contributed by atoms with Crippen molar-refractivity contribution >= 4 is 11.8 Å². The molecule has 0 radical (unpaired) electrons. The predicted octanol–water partition coefficient (Wildman–Crippen LogP) is 7.94. The number of nitrogens with zero attached hydrogens (tertiary/aromatic N) is 2. The van der Waals surface area contributed by atoms with Crippen molar-refractivity contribution in [2.75, 3.05) is 34.0 Å². The van der Waals surface area contributed by atoms with Crippen LogP contribution in [0.2, 0.25) is 0 Å². The van der Waals surface area contributed by atoms with Crippen LogP contribution >= 0.6 is 0 Å². The molecule has 0 unspecified atom stereocenters. The zero-order chi connectivity index (χ0) is 38.8. The van der Waals surface area contributed by atoms with Gasteiger partial charge in [-0.05, 0) is 72.9 Å². The van der Waals surface area contributed by atoms with Crippen molar-refractivity contribution in [1.29, 1.82) is 0 Å². The van der Waals surface area contributed by atoms with Crippen molar-refractivity contribution in [1.82, 2.24) is 4.90 Å². The van der Waals surface area contributed by atoms with Crippen molar-refractivity contribution in [3.63, 3.8) is 0 Å². The Bertz CT molecular complexity index is 1820. The molecular weight excluding hydrogens is 703 g/mol. The number of carbonyl (C=O) groups excluding carboxylic acids is 1. The van der Waals surface area contributed by atoms with E-state index < -0.39 is 23.8 Å². The Morgan fingerprint density at radius 3 is 2.49 bits per heavy atom. The molecule has 2 aliphatic carbocycles. The molecule has 55 heavy (non-hydrogen) atoms. The second-order valence-corrected chi connectivity index (χ2v) is 14.5. The van der Waals surface area contributed by atoms with Gasteiger partial charge in [0.1, 0.15) is 36.6 Å². The predicted molar refractivity (Wildman–Crippen MR) is 207 cm³/mol. The van der Waals surface area contributed by atoms with E-state index in [-0.39, 0.29) is 63.0 Å². The second kappa shape index (κ2) is 18.8. The Morgan fingerprint density at radius 2 is 1.76 bits per heavy atom. The van der Waals surface area contributed by atoms with Gasteiger partial charge in [0, 0.05) is 43.7 Å². The lowest BCUT2D eigenvalue weighted by molar-refractivity contribution is -0.253. The fourth-order valence-electron chi connectivity index (χ4n) is 8.62. The first-order valence-corrected chi connectivity index (χ1v) is 19.3. The van der Waals surface area contributed by atoms with Crippen LogP contribution in [-0.4, -0.2) is 72.7 Å². The summed E-state index contributed by atoms with van der Waals surface area (Å²) >= 11 is 0. The second-order valence-electron chi connectivity index (χ2n) is 14.5. The molecule has 3 aromatic rings. The summed E-state index contributed by atoms with van der Waals surface area (Å²) in [7, 11) is 3.03. The monoisotopic (exact) mass is 756 g/mol. The maximum absolute atomic E-state index is 14.6. The molecule has 1 saturated carbocycles. The molecule has 294 valence electrons. The first-order valence-electron chi connectivity index (χ1n) is 19.3. The number of allylic oxidation sites excluding steroid dienone is 1. The van der Waals surface area contributed by atoms with Gasteiger partial charge < -0.3 is 38.9 Å². The van der Waals surface area contributed by atoms with Crippen LogP contribution in [0.3, 0.4) is 0 Å². The van der Waals surface area contributed by atoms with Crippen LogP contribution in [0.25, 0.3) is 0 Å². The smallest absolute Gasteiger partial charge is 0.409 e. The van der Waals surface area contributed by atoms with Gasteiger partial charge in [0.15, 0.2) is 0 Å². The zero-order valence-corrected chi connectivity index (χ0v) is 31.8. The van der Waals surface area contributed by atoms with Gasteiger partial charge in [-0.15, -0.1) is 6.58 Å². The number of hydrogen-bond donors (Lipinski definition) is 2. The van der Waals surface area contributed by atoms with Crippen LogP contribution in [0.4, 0.5) is 9.18 Å². The Balaban J connectivity index is 1.52. The van der Waals surface area contributed by atoms with E-state index in [4.69, 9.17) is 28.9 Å². The van der Waals surface area contributed by atoms with Crippen molar-refractivity contribution in [3.8, 4) is 11.5 Å². The van der Waals surface area contributed by atoms with E-state index in [9.17, 15) is 19.4 Å². The van der Waals surface area contributed by atoms with Crippen LogP contribution in [0.1, 0.15) is 67.6 Å². The molecule has 3 aromatic carbocycles. The third-order valence-corrected chi connectivity index (χ3v) is 11.2. The van der Waals surface area contributed by atoms with Gasteiger partial charge >= 0.3 is 6.09 Å². The third kappa shape index (κ3) is 8.74. The summed E-state index contributed by atoms with van der Waals surface area (Å²) < 4.78 is 40.1. The topological polar surface area (TPSA) is 119 Å². The van der Waals surface area contributed by atoms with E-state index in [0.717, 1.165) is 42.4 Å². The Labute approximate surface area is 323 Å². The molecule has 1 heterocycles. The highest BCUT2D eigenvalue weighted by Gasteiger charge is 2.65. The van der Waals surface area contributed by atoms with Gasteiger partial charge in [-0.2, -0.15) is 0 Å². The molecule has 1 amide bonds. The Morgan fingerprint density at radius 1 is 1.02 bits per heavy atom. The molecule has 0 aromatic heterocycles. The molecule has 3 aliphatic rings. The number of halogens is 1. The number of benzene rings is 3. The summed E-state index contributed by atoms with van der Waals surface area (Å²) in [6.45, 7) is 4.58. The molecule has 0 spiro atoms. The first-order chi connectivity index (χ1) is 26.8. The molecule has 1 aliphatic heterocycles. The number of methoxy groups -OCH3 is 1.